The summed E-state index contributed by atoms with van der Waals surface area (Å²) in [6, 6.07) is 3.71. The Hall–Kier alpha value is -4.21. The van der Waals surface area contributed by atoms with Gasteiger partial charge in [-0.15, -0.1) is 0 Å². The van der Waals surface area contributed by atoms with Crippen molar-refractivity contribution in [3.05, 3.63) is 72.0 Å². The van der Waals surface area contributed by atoms with Crippen LogP contribution in [0, 0.1) is 5.92 Å². The average molecular weight is 500 g/mol. The molecule has 0 aromatic carbocycles. The number of likely N-dealkylation sites (tertiary alicyclic amines) is 1. The first-order chi connectivity index (χ1) is 18.1. The Labute approximate surface area is 214 Å². The molecule has 2 fully saturated rings. The zero-order valence-electron chi connectivity index (χ0n) is 20.7. The van der Waals surface area contributed by atoms with Gasteiger partial charge in [0.25, 0.3) is 5.91 Å². The number of rotatable bonds is 6. The molecule has 1 aliphatic heterocycles. The van der Waals surface area contributed by atoms with E-state index in [9.17, 15) is 9.59 Å². The van der Waals surface area contributed by atoms with Crippen molar-refractivity contribution in [2.45, 2.75) is 38.0 Å². The summed E-state index contributed by atoms with van der Waals surface area (Å²) in [7, 11) is 1.65. The highest BCUT2D eigenvalue weighted by molar-refractivity contribution is 6.08. The maximum Gasteiger partial charge on any atom is 0.262 e. The summed E-state index contributed by atoms with van der Waals surface area (Å²) >= 11 is 0. The summed E-state index contributed by atoms with van der Waals surface area (Å²) in [5.74, 6) is 1.85. The van der Waals surface area contributed by atoms with Gasteiger partial charge in [-0.25, -0.2) is 14.2 Å². The highest BCUT2D eigenvalue weighted by atomic mass is 16.5. The van der Waals surface area contributed by atoms with Crippen LogP contribution in [-0.2, 0) is 9.53 Å². The highest BCUT2D eigenvalue weighted by Gasteiger charge is 2.35. The summed E-state index contributed by atoms with van der Waals surface area (Å²) in [5, 5.41) is 12.2. The number of piperidine rings is 1. The Balaban J connectivity index is 1.29. The summed E-state index contributed by atoms with van der Waals surface area (Å²) < 4.78 is 8.74. The van der Waals surface area contributed by atoms with Gasteiger partial charge in [0.15, 0.2) is 5.65 Å². The van der Waals surface area contributed by atoms with Crippen LogP contribution in [0.5, 0.6) is 0 Å². The molecule has 0 atom stereocenters. The number of aromatic nitrogens is 5. The average Bonchev–Trinajstić information content (AvgIpc) is 3.63. The third-order valence-corrected chi connectivity index (χ3v) is 7.20. The fourth-order valence-electron chi connectivity index (χ4n) is 4.93. The minimum atomic E-state index is -0.308. The van der Waals surface area contributed by atoms with Crippen LogP contribution >= 0.6 is 0 Å². The number of methoxy groups -OCH3 is 1. The molecule has 0 bridgehead atoms. The predicted molar refractivity (Wildman–Crippen MR) is 138 cm³/mol. The molecule has 3 aromatic rings. The SMILES string of the molecule is COC1=CC=C(n2nc(C3CCN(C(=O)C4CC4)CC3)cc2NC(=O)c2cnn3cccnc23)C=CC1. The van der Waals surface area contributed by atoms with E-state index in [1.807, 2.05) is 35.3 Å². The van der Waals surface area contributed by atoms with Gasteiger partial charge in [0.1, 0.15) is 11.4 Å². The van der Waals surface area contributed by atoms with Gasteiger partial charge in [0.2, 0.25) is 5.91 Å². The van der Waals surface area contributed by atoms with Gasteiger partial charge in [-0.1, -0.05) is 6.08 Å². The van der Waals surface area contributed by atoms with E-state index in [1.165, 1.54) is 6.20 Å². The number of nitrogens with one attached hydrogen (secondary N) is 1. The van der Waals surface area contributed by atoms with Crippen molar-refractivity contribution < 1.29 is 14.3 Å². The van der Waals surface area contributed by atoms with Crippen molar-refractivity contribution >= 4 is 29.0 Å². The van der Waals surface area contributed by atoms with Gasteiger partial charge >= 0.3 is 0 Å². The van der Waals surface area contributed by atoms with Crippen LogP contribution in [0.1, 0.15) is 54.1 Å². The molecular formula is C27H29N7O3. The third kappa shape index (κ3) is 4.66. The second-order valence-electron chi connectivity index (χ2n) is 9.68. The Kier molecular flexibility index (Phi) is 6.07. The van der Waals surface area contributed by atoms with Gasteiger partial charge in [-0.3, -0.25) is 9.59 Å². The van der Waals surface area contributed by atoms with E-state index in [1.54, 1.807) is 34.8 Å². The van der Waals surface area contributed by atoms with Crippen LogP contribution in [0.15, 0.2) is 60.8 Å². The number of anilines is 1. The van der Waals surface area contributed by atoms with Crippen molar-refractivity contribution in [2.24, 2.45) is 5.92 Å². The molecule has 10 heteroatoms. The molecule has 10 nitrogen and oxygen atoms in total. The lowest BCUT2D eigenvalue weighted by Gasteiger charge is -2.31. The molecule has 3 aromatic heterocycles. The van der Waals surface area contributed by atoms with Gasteiger partial charge in [-0.2, -0.15) is 10.2 Å². The second-order valence-corrected chi connectivity index (χ2v) is 9.68. The van der Waals surface area contributed by atoms with E-state index in [0.29, 0.717) is 29.4 Å². The Bertz CT molecular complexity index is 1440. The number of allylic oxidation sites excluding steroid dienone is 5. The number of hydrogen-bond acceptors (Lipinski definition) is 6. The first-order valence-corrected chi connectivity index (χ1v) is 12.7. The quantitative estimate of drug-likeness (QED) is 0.555. The molecule has 0 unspecified atom stereocenters. The van der Waals surface area contributed by atoms with E-state index in [4.69, 9.17) is 9.84 Å². The second kappa shape index (κ2) is 9.68. The molecule has 6 rings (SSSR count). The molecule has 0 spiro atoms. The molecule has 3 aliphatic rings. The fraction of sp³-hybridized carbons (Fsp3) is 0.370. The Morgan fingerprint density at radius 3 is 2.76 bits per heavy atom. The largest absolute Gasteiger partial charge is 0.501 e. The number of fused-ring (bicyclic) bond motifs is 1. The van der Waals surface area contributed by atoms with Crippen LogP contribution in [0.4, 0.5) is 5.82 Å². The first kappa shape index (κ1) is 23.2. The number of amides is 2. The van der Waals surface area contributed by atoms with Crippen LogP contribution in [0.2, 0.25) is 0 Å². The topological polar surface area (TPSA) is 107 Å². The lowest BCUT2D eigenvalue weighted by Crippen LogP contribution is -2.38. The summed E-state index contributed by atoms with van der Waals surface area (Å²) in [6.45, 7) is 1.48. The van der Waals surface area contributed by atoms with E-state index < -0.39 is 0 Å². The Morgan fingerprint density at radius 1 is 1.14 bits per heavy atom. The standard InChI is InChI=1S/C27H29N7O3/c1-37-21-5-2-4-20(8-9-21)34-24(30-26(35)22-17-29-33-13-3-12-28-25(22)33)16-23(31-34)18-10-14-32(15-11-18)27(36)19-6-7-19/h2-4,8-9,12-13,16-19H,5-7,10-11,14-15H2,1H3,(H,30,35). The van der Waals surface area contributed by atoms with Crippen LogP contribution < -0.4 is 5.32 Å². The molecule has 190 valence electrons. The number of nitrogens with zero attached hydrogens (tertiary/aromatic N) is 6. The van der Waals surface area contributed by atoms with Gasteiger partial charge in [-0.05, 0) is 50.0 Å². The molecule has 1 N–H and O–H groups in total. The summed E-state index contributed by atoms with van der Waals surface area (Å²) in [4.78, 5) is 32.1. The lowest BCUT2D eigenvalue weighted by molar-refractivity contribution is -0.133. The number of hydrogen-bond donors (Lipinski definition) is 1. The smallest absolute Gasteiger partial charge is 0.262 e. The van der Waals surface area contributed by atoms with Crippen molar-refractivity contribution in [1.82, 2.24) is 29.3 Å². The van der Waals surface area contributed by atoms with Crippen molar-refractivity contribution in [3.63, 3.8) is 0 Å². The van der Waals surface area contributed by atoms with Gasteiger partial charge in [0, 0.05) is 49.8 Å². The third-order valence-electron chi connectivity index (χ3n) is 7.20. The predicted octanol–water partition coefficient (Wildman–Crippen LogP) is 3.63. The van der Waals surface area contributed by atoms with Crippen LogP contribution in [-0.4, -0.2) is 61.3 Å². The molecule has 0 radical (unpaired) electrons. The zero-order chi connectivity index (χ0) is 25.4. The Morgan fingerprint density at radius 2 is 1.97 bits per heavy atom. The zero-order valence-corrected chi connectivity index (χ0v) is 20.7. The molecule has 2 amide bonds. The van der Waals surface area contributed by atoms with Crippen molar-refractivity contribution in [3.8, 4) is 0 Å². The molecular weight excluding hydrogens is 470 g/mol. The van der Waals surface area contributed by atoms with E-state index in [-0.39, 0.29) is 17.7 Å². The first-order valence-electron chi connectivity index (χ1n) is 12.7. The van der Waals surface area contributed by atoms with Crippen LogP contribution in [0.25, 0.3) is 11.3 Å². The molecule has 2 aliphatic carbocycles. The van der Waals surface area contributed by atoms with Crippen LogP contribution in [0.3, 0.4) is 0 Å². The van der Waals surface area contributed by atoms with Crippen molar-refractivity contribution in [2.75, 3.05) is 25.5 Å². The summed E-state index contributed by atoms with van der Waals surface area (Å²) in [5.41, 5.74) is 2.59. The van der Waals surface area contributed by atoms with E-state index >= 15 is 0 Å². The van der Waals surface area contributed by atoms with Crippen molar-refractivity contribution in [1.29, 1.82) is 0 Å². The molecule has 1 saturated carbocycles. The normalized spacial score (nSPS) is 18.4. The minimum Gasteiger partial charge on any atom is -0.501 e. The monoisotopic (exact) mass is 499 g/mol. The minimum absolute atomic E-state index is 0.208. The molecule has 37 heavy (non-hydrogen) atoms. The lowest BCUT2D eigenvalue weighted by atomic mass is 9.93. The van der Waals surface area contributed by atoms with Gasteiger partial charge in [0.05, 0.1) is 30.5 Å². The number of carbonyl (C=O) groups excluding carboxylic acids is 2. The number of carbonyl (C=O) groups is 2. The summed E-state index contributed by atoms with van der Waals surface area (Å²) in [6.07, 6.45) is 17.2. The van der Waals surface area contributed by atoms with Gasteiger partial charge < -0.3 is 15.0 Å². The fourth-order valence-corrected chi connectivity index (χ4v) is 4.93. The maximum atomic E-state index is 13.3. The molecule has 1 saturated heterocycles. The molecule has 4 heterocycles. The number of ether oxygens (including phenoxy) is 1. The highest BCUT2D eigenvalue weighted by Crippen LogP contribution is 2.35. The van der Waals surface area contributed by atoms with E-state index in [0.717, 1.165) is 55.9 Å². The van der Waals surface area contributed by atoms with E-state index in [2.05, 4.69) is 15.4 Å². The maximum absolute atomic E-state index is 13.3.